The molecule has 0 heterocycles. The summed E-state index contributed by atoms with van der Waals surface area (Å²) in [5.74, 6) is -0.293. The van der Waals surface area contributed by atoms with Gasteiger partial charge in [0.25, 0.3) is 0 Å². The summed E-state index contributed by atoms with van der Waals surface area (Å²) in [4.78, 5) is 0. The van der Waals surface area contributed by atoms with E-state index in [1.54, 1.807) is 19.9 Å². The second-order valence-corrected chi connectivity index (χ2v) is 4.59. The van der Waals surface area contributed by atoms with Crippen molar-refractivity contribution in [3.63, 3.8) is 0 Å². The largest absolute Gasteiger partial charge is 0.488 e. The highest BCUT2D eigenvalue weighted by Crippen LogP contribution is 2.22. The summed E-state index contributed by atoms with van der Waals surface area (Å²) in [6.07, 6.45) is 0. The third-order valence-corrected chi connectivity index (χ3v) is 1.97. The Kier molecular flexibility index (Phi) is 3.50. The van der Waals surface area contributed by atoms with Gasteiger partial charge in [-0.05, 0) is 32.0 Å². The van der Waals surface area contributed by atoms with E-state index in [4.69, 9.17) is 4.74 Å². The van der Waals surface area contributed by atoms with Crippen molar-refractivity contribution in [2.24, 2.45) is 0 Å². The van der Waals surface area contributed by atoms with Crippen molar-refractivity contribution in [3.05, 3.63) is 28.5 Å². The zero-order valence-electron chi connectivity index (χ0n) is 8.05. The smallest absolute Gasteiger partial charge is 0.166 e. The van der Waals surface area contributed by atoms with Crippen LogP contribution in [0.25, 0.3) is 0 Å². The van der Waals surface area contributed by atoms with Crippen molar-refractivity contribution in [3.8, 4) is 5.75 Å². The molecule has 0 radical (unpaired) electrons. The van der Waals surface area contributed by atoms with E-state index in [-0.39, 0.29) is 12.4 Å². The van der Waals surface area contributed by atoms with E-state index < -0.39 is 11.4 Å². The zero-order valence-corrected chi connectivity index (χ0v) is 9.64. The first-order valence-corrected chi connectivity index (χ1v) is 4.98. The third kappa shape index (κ3) is 3.64. The normalized spacial score (nSPS) is 11.5. The molecular formula is C10H12BrFO2. The van der Waals surface area contributed by atoms with Gasteiger partial charge in [-0.25, -0.2) is 4.39 Å². The number of benzene rings is 1. The monoisotopic (exact) mass is 262 g/mol. The van der Waals surface area contributed by atoms with Crippen LogP contribution in [0.2, 0.25) is 0 Å². The Hall–Kier alpha value is -0.610. The maximum absolute atomic E-state index is 13.2. The Morgan fingerprint density at radius 2 is 2.14 bits per heavy atom. The van der Waals surface area contributed by atoms with Gasteiger partial charge in [-0.3, -0.25) is 0 Å². The molecule has 1 rings (SSSR count). The Morgan fingerprint density at radius 1 is 1.50 bits per heavy atom. The first kappa shape index (κ1) is 11.5. The van der Waals surface area contributed by atoms with Crippen molar-refractivity contribution < 1.29 is 14.2 Å². The summed E-state index contributed by atoms with van der Waals surface area (Å²) < 4.78 is 19.0. The van der Waals surface area contributed by atoms with Crippen LogP contribution in [0.1, 0.15) is 13.8 Å². The minimum atomic E-state index is -0.959. The highest BCUT2D eigenvalue weighted by atomic mass is 79.9. The molecule has 1 aromatic carbocycles. The quantitative estimate of drug-likeness (QED) is 0.908. The van der Waals surface area contributed by atoms with Gasteiger partial charge in [-0.1, -0.05) is 15.9 Å². The van der Waals surface area contributed by atoms with E-state index in [9.17, 15) is 9.50 Å². The van der Waals surface area contributed by atoms with Crippen molar-refractivity contribution in [2.75, 3.05) is 6.61 Å². The van der Waals surface area contributed by atoms with E-state index in [1.807, 2.05) is 0 Å². The molecule has 2 nitrogen and oxygen atoms in total. The minimum absolute atomic E-state index is 0.0611. The molecule has 14 heavy (non-hydrogen) atoms. The summed E-state index contributed by atoms with van der Waals surface area (Å²) in [6, 6.07) is 4.52. The fourth-order valence-electron chi connectivity index (χ4n) is 0.847. The predicted molar refractivity (Wildman–Crippen MR) is 55.9 cm³/mol. The zero-order chi connectivity index (χ0) is 10.8. The molecule has 4 heteroatoms. The molecule has 0 fully saturated rings. The lowest BCUT2D eigenvalue weighted by atomic mass is 10.2. The van der Waals surface area contributed by atoms with Gasteiger partial charge in [0.2, 0.25) is 0 Å². The summed E-state index contributed by atoms with van der Waals surface area (Å²) in [5, 5.41) is 9.37. The van der Waals surface area contributed by atoms with E-state index in [0.717, 1.165) is 0 Å². The lowest BCUT2D eigenvalue weighted by molar-refractivity contribution is 0.0272. The maximum Gasteiger partial charge on any atom is 0.166 e. The first-order valence-electron chi connectivity index (χ1n) is 4.19. The molecule has 0 unspecified atom stereocenters. The number of halogens is 2. The van der Waals surface area contributed by atoms with Gasteiger partial charge in [-0.2, -0.15) is 0 Å². The molecule has 0 atom stereocenters. The van der Waals surface area contributed by atoms with Crippen LogP contribution in [-0.2, 0) is 0 Å². The molecule has 0 bridgehead atoms. The van der Waals surface area contributed by atoms with Crippen LogP contribution in [-0.4, -0.2) is 17.3 Å². The Labute approximate surface area is 90.8 Å². The van der Waals surface area contributed by atoms with Crippen LogP contribution < -0.4 is 4.74 Å². The van der Waals surface area contributed by atoms with Gasteiger partial charge < -0.3 is 9.84 Å². The summed E-state index contributed by atoms with van der Waals surface area (Å²) >= 11 is 3.14. The minimum Gasteiger partial charge on any atom is -0.488 e. The standard InChI is InChI=1S/C10H12BrFO2/c1-10(2,13)6-14-9-4-3-7(11)5-8(9)12/h3-5,13H,6H2,1-2H3. The lowest BCUT2D eigenvalue weighted by Crippen LogP contribution is -2.28. The fourth-order valence-corrected chi connectivity index (χ4v) is 1.18. The van der Waals surface area contributed by atoms with Gasteiger partial charge in [0.05, 0.1) is 5.60 Å². The highest BCUT2D eigenvalue weighted by Gasteiger charge is 2.14. The van der Waals surface area contributed by atoms with E-state index in [1.165, 1.54) is 12.1 Å². The number of hydrogen-bond donors (Lipinski definition) is 1. The fraction of sp³-hybridized carbons (Fsp3) is 0.400. The van der Waals surface area contributed by atoms with Crippen LogP contribution in [0.15, 0.2) is 22.7 Å². The molecule has 78 valence electrons. The molecule has 0 aliphatic heterocycles. The van der Waals surface area contributed by atoms with Gasteiger partial charge >= 0.3 is 0 Å². The Bertz CT molecular complexity index is 320. The second kappa shape index (κ2) is 4.28. The molecule has 0 amide bonds. The van der Waals surface area contributed by atoms with Gasteiger partial charge in [0, 0.05) is 4.47 Å². The summed E-state index contributed by atoms with van der Waals surface area (Å²) in [7, 11) is 0. The Balaban J connectivity index is 2.68. The first-order chi connectivity index (χ1) is 6.38. The maximum atomic E-state index is 13.2. The number of hydrogen-bond acceptors (Lipinski definition) is 2. The average Bonchev–Trinajstić information content (AvgIpc) is 2.00. The SMILES string of the molecule is CC(C)(O)COc1ccc(Br)cc1F. The number of aliphatic hydroxyl groups is 1. The molecule has 0 aliphatic carbocycles. The van der Waals surface area contributed by atoms with Crippen LogP contribution in [0, 0.1) is 5.82 Å². The van der Waals surface area contributed by atoms with Crippen molar-refractivity contribution in [1.82, 2.24) is 0 Å². The summed E-state index contributed by atoms with van der Waals surface area (Å²) in [5.41, 5.74) is -0.959. The molecule has 0 aliphatic rings. The topological polar surface area (TPSA) is 29.5 Å². The van der Waals surface area contributed by atoms with E-state index in [2.05, 4.69) is 15.9 Å². The molecular weight excluding hydrogens is 251 g/mol. The van der Waals surface area contributed by atoms with Gasteiger partial charge in [0.1, 0.15) is 6.61 Å². The molecule has 0 spiro atoms. The number of rotatable bonds is 3. The van der Waals surface area contributed by atoms with Gasteiger partial charge in [0.15, 0.2) is 11.6 Å². The Morgan fingerprint density at radius 3 is 2.64 bits per heavy atom. The molecule has 1 N–H and O–H groups in total. The molecule has 0 saturated heterocycles. The van der Waals surface area contributed by atoms with Crippen LogP contribution >= 0.6 is 15.9 Å². The van der Waals surface area contributed by atoms with E-state index >= 15 is 0 Å². The van der Waals surface area contributed by atoms with Crippen molar-refractivity contribution in [1.29, 1.82) is 0 Å². The lowest BCUT2D eigenvalue weighted by Gasteiger charge is -2.17. The predicted octanol–water partition coefficient (Wildman–Crippen LogP) is 2.74. The van der Waals surface area contributed by atoms with Gasteiger partial charge in [-0.15, -0.1) is 0 Å². The van der Waals surface area contributed by atoms with E-state index in [0.29, 0.717) is 4.47 Å². The molecule has 0 aromatic heterocycles. The highest BCUT2D eigenvalue weighted by molar-refractivity contribution is 9.10. The van der Waals surface area contributed by atoms with Crippen molar-refractivity contribution in [2.45, 2.75) is 19.4 Å². The number of ether oxygens (including phenoxy) is 1. The van der Waals surface area contributed by atoms with Crippen LogP contribution in [0.3, 0.4) is 0 Å². The molecule has 1 aromatic rings. The third-order valence-electron chi connectivity index (χ3n) is 1.47. The van der Waals surface area contributed by atoms with Crippen molar-refractivity contribution >= 4 is 15.9 Å². The van der Waals surface area contributed by atoms with Crippen LogP contribution in [0.4, 0.5) is 4.39 Å². The second-order valence-electron chi connectivity index (χ2n) is 3.68. The average molecular weight is 263 g/mol. The van der Waals surface area contributed by atoms with Crippen LogP contribution in [0.5, 0.6) is 5.75 Å². The summed E-state index contributed by atoms with van der Waals surface area (Å²) in [6.45, 7) is 3.26. The molecule has 0 saturated carbocycles.